The molecular formula is C31H41NO3S2. The predicted octanol–water partition coefficient (Wildman–Crippen LogP) is 8.30. The van der Waals surface area contributed by atoms with Gasteiger partial charge in [0.15, 0.2) is 0 Å². The maximum absolute atomic E-state index is 15.0. The molecule has 4 atom stereocenters. The Labute approximate surface area is 224 Å². The molecule has 200 valence electrons. The summed E-state index contributed by atoms with van der Waals surface area (Å²) in [6.45, 7) is 11.1. The Kier molecular flexibility index (Phi) is 8.20. The Morgan fingerprint density at radius 3 is 2.27 bits per heavy atom. The number of hydrogen-bond donors (Lipinski definition) is 0. The molecule has 2 aliphatic rings. The minimum absolute atomic E-state index is 0.0737. The van der Waals surface area contributed by atoms with Crippen molar-refractivity contribution < 1.29 is 12.6 Å². The second kappa shape index (κ2) is 10.9. The first-order valence-electron chi connectivity index (χ1n) is 13.5. The summed E-state index contributed by atoms with van der Waals surface area (Å²) in [4.78, 5) is 1.22. The summed E-state index contributed by atoms with van der Waals surface area (Å²) in [5.41, 5.74) is 1.86. The van der Waals surface area contributed by atoms with E-state index in [1.54, 1.807) is 48.5 Å². The van der Waals surface area contributed by atoms with Gasteiger partial charge in [0.2, 0.25) is 0 Å². The fraction of sp³-hybridized carbons (Fsp3) is 0.484. The van der Waals surface area contributed by atoms with E-state index in [2.05, 4.69) is 43.6 Å². The molecule has 0 bridgehead atoms. The fourth-order valence-electron chi connectivity index (χ4n) is 6.22. The summed E-state index contributed by atoms with van der Waals surface area (Å²) >= 11 is 0. The summed E-state index contributed by atoms with van der Waals surface area (Å²) in [6, 6.07) is 15.6. The first kappa shape index (κ1) is 27.8. The van der Waals surface area contributed by atoms with Crippen LogP contribution in [-0.2, 0) is 19.8 Å². The van der Waals surface area contributed by atoms with E-state index in [9.17, 15) is 12.6 Å². The van der Waals surface area contributed by atoms with Gasteiger partial charge >= 0.3 is 0 Å². The predicted molar refractivity (Wildman–Crippen MR) is 153 cm³/mol. The summed E-state index contributed by atoms with van der Waals surface area (Å²) in [7, 11) is -7.53. The normalized spacial score (nSPS) is 24.1. The van der Waals surface area contributed by atoms with Gasteiger partial charge in [-0.1, -0.05) is 98.8 Å². The molecular weight excluding hydrogens is 498 g/mol. The summed E-state index contributed by atoms with van der Waals surface area (Å²) in [6.07, 6.45) is 10.3. The second-order valence-corrected chi connectivity index (χ2v) is 15.5. The lowest BCUT2D eigenvalue weighted by molar-refractivity contribution is 0.227. The van der Waals surface area contributed by atoms with E-state index in [0.29, 0.717) is 34.0 Å². The monoisotopic (exact) mass is 539 g/mol. The molecule has 0 unspecified atom stereocenters. The lowest BCUT2D eigenvalue weighted by Gasteiger charge is -2.38. The Bertz CT molecular complexity index is 1400. The van der Waals surface area contributed by atoms with E-state index >= 15 is 0 Å². The molecule has 6 heteroatoms. The van der Waals surface area contributed by atoms with Crippen LogP contribution in [0, 0.1) is 30.1 Å². The summed E-state index contributed by atoms with van der Waals surface area (Å²) in [5.74, 6) is 1.68. The van der Waals surface area contributed by atoms with E-state index in [4.69, 9.17) is 0 Å². The van der Waals surface area contributed by atoms with Gasteiger partial charge in [-0.25, -0.2) is 4.21 Å². The SMILES string of the molecule is Cc1ccc(S(=O)(=O)N=[S@@](=O)(C2=C3CC[C@H]([C@H](C)CCCC(C)C)[C@]3(C)C=CC2)c2ccccc2)cc1. The topological polar surface area (TPSA) is 63.6 Å². The quantitative estimate of drug-likeness (QED) is 0.301. The molecule has 0 N–H and O–H groups in total. The first-order valence-corrected chi connectivity index (χ1v) is 16.5. The fourth-order valence-corrected chi connectivity index (χ4v) is 10.6. The van der Waals surface area contributed by atoms with Crippen molar-refractivity contribution in [2.24, 2.45) is 26.9 Å². The highest BCUT2D eigenvalue weighted by Gasteiger charge is 2.47. The van der Waals surface area contributed by atoms with Gasteiger partial charge in [-0.05, 0) is 67.4 Å². The van der Waals surface area contributed by atoms with Gasteiger partial charge in [0, 0.05) is 16.7 Å². The number of sulfonamides is 1. The number of allylic oxidation sites excluding steroid dienone is 4. The van der Waals surface area contributed by atoms with Crippen LogP contribution in [0.4, 0.5) is 0 Å². The first-order chi connectivity index (χ1) is 17.5. The molecule has 1 fully saturated rings. The van der Waals surface area contributed by atoms with Crippen LogP contribution in [0.5, 0.6) is 0 Å². The zero-order valence-electron chi connectivity index (χ0n) is 22.8. The van der Waals surface area contributed by atoms with E-state index < -0.39 is 19.8 Å². The summed E-state index contributed by atoms with van der Waals surface area (Å²) in [5, 5.41) is 0. The van der Waals surface area contributed by atoms with Crippen LogP contribution < -0.4 is 0 Å². The Hall–Kier alpha value is -2.18. The number of hydrogen-bond acceptors (Lipinski definition) is 3. The number of rotatable bonds is 9. The smallest absolute Gasteiger partial charge is 0.239 e. The lowest BCUT2D eigenvalue weighted by atomic mass is 9.69. The second-order valence-electron chi connectivity index (χ2n) is 11.4. The van der Waals surface area contributed by atoms with Gasteiger partial charge in [-0.3, -0.25) is 0 Å². The highest BCUT2D eigenvalue weighted by molar-refractivity contribution is 8.05. The van der Waals surface area contributed by atoms with Crippen LogP contribution >= 0.6 is 0 Å². The highest BCUT2D eigenvalue weighted by Crippen LogP contribution is 2.57. The number of nitrogens with zero attached hydrogens (tertiary/aromatic N) is 1. The number of benzene rings is 2. The van der Waals surface area contributed by atoms with Gasteiger partial charge in [0.25, 0.3) is 10.0 Å². The number of aryl methyl sites for hydroxylation is 1. The molecule has 2 aromatic rings. The van der Waals surface area contributed by atoms with Crippen molar-refractivity contribution in [3.05, 3.63) is 82.8 Å². The minimum atomic E-state index is -4.14. The zero-order chi connectivity index (χ0) is 26.8. The molecule has 2 aromatic carbocycles. The third kappa shape index (κ3) is 5.65. The van der Waals surface area contributed by atoms with Crippen molar-refractivity contribution in [2.45, 2.75) is 82.9 Å². The lowest BCUT2D eigenvalue weighted by Crippen LogP contribution is -2.29. The minimum Gasteiger partial charge on any atom is -0.239 e. The van der Waals surface area contributed by atoms with Crippen LogP contribution in [0.1, 0.15) is 71.8 Å². The van der Waals surface area contributed by atoms with Crippen molar-refractivity contribution in [3.8, 4) is 0 Å². The van der Waals surface area contributed by atoms with Crippen LogP contribution in [0.2, 0.25) is 0 Å². The molecule has 0 aliphatic heterocycles. The molecule has 4 rings (SSSR count). The average molecular weight is 540 g/mol. The van der Waals surface area contributed by atoms with Gasteiger partial charge < -0.3 is 0 Å². The van der Waals surface area contributed by atoms with Crippen molar-refractivity contribution in [2.75, 3.05) is 0 Å². The van der Waals surface area contributed by atoms with E-state index in [0.717, 1.165) is 24.0 Å². The summed E-state index contributed by atoms with van der Waals surface area (Å²) < 4.78 is 46.3. The van der Waals surface area contributed by atoms with E-state index in [-0.39, 0.29) is 10.3 Å². The Morgan fingerprint density at radius 2 is 1.62 bits per heavy atom. The van der Waals surface area contributed by atoms with Gasteiger partial charge in [0.1, 0.15) is 9.73 Å². The standard InChI is InChI=1S/C31H41NO3S2/c1-23(2)11-9-12-25(4)28-20-21-29-30(15-10-22-31(28,29)5)36(33,26-13-7-6-8-14-26)32-37(34,35)27-18-16-24(3)17-19-27/h6-8,10,13-14,16-19,22-23,25,28H,9,11-12,15,20-21H2,1-5H3/t25-,28-,31+,36+/m1/s1. The largest absolute Gasteiger partial charge is 0.290 e. The Balaban J connectivity index is 1.83. The molecule has 1 saturated carbocycles. The van der Waals surface area contributed by atoms with Crippen LogP contribution in [-0.4, -0.2) is 12.6 Å². The highest BCUT2D eigenvalue weighted by atomic mass is 32.3. The van der Waals surface area contributed by atoms with E-state index in [1.807, 2.05) is 13.0 Å². The average Bonchev–Trinajstić information content (AvgIpc) is 3.21. The third-order valence-electron chi connectivity index (χ3n) is 8.28. The third-order valence-corrected chi connectivity index (χ3v) is 12.8. The number of fused-ring (bicyclic) bond motifs is 1. The van der Waals surface area contributed by atoms with Crippen molar-refractivity contribution in [1.82, 2.24) is 0 Å². The van der Waals surface area contributed by atoms with Gasteiger partial charge in [-0.15, -0.1) is 0 Å². The van der Waals surface area contributed by atoms with E-state index in [1.165, 1.54) is 19.3 Å². The van der Waals surface area contributed by atoms with Crippen molar-refractivity contribution >= 4 is 19.8 Å². The van der Waals surface area contributed by atoms with Crippen molar-refractivity contribution in [1.29, 1.82) is 0 Å². The molecule has 2 aliphatic carbocycles. The Morgan fingerprint density at radius 1 is 0.946 bits per heavy atom. The molecule has 0 heterocycles. The van der Waals surface area contributed by atoms with Gasteiger partial charge in [0.05, 0.1) is 9.79 Å². The molecule has 4 nitrogen and oxygen atoms in total. The molecule has 0 amide bonds. The maximum Gasteiger partial charge on any atom is 0.290 e. The van der Waals surface area contributed by atoms with Crippen LogP contribution in [0.3, 0.4) is 0 Å². The van der Waals surface area contributed by atoms with Crippen LogP contribution in [0.25, 0.3) is 0 Å². The maximum atomic E-state index is 15.0. The van der Waals surface area contributed by atoms with Crippen LogP contribution in [0.15, 0.2) is 90.8 Å². The molecule has 0 saturated heterocycles. The zero-order valence-corrected chi connectivity index (χ0v) is 24.4. The van der Waals surface area contributed by atoms with Crippen molar-refractivity contribution in [3.63, 3.8) is 0 Å². The molecule has 0 aromatic heterocycles. The van der Waals surface area contributed by atoms with Gasteiger partial charge in [-0.2, -0.15) is 8.42 Å². The molecule has 0 spiro atoms. The molecule has 0 radical (unpaired) electrons. The molecule has 37 heavy (non-hydrogen) atoms.